The second-order valence-corrected chi connectivity index (χ2v) is 9.79. The third-order valence-corrected chi connectivity index (χ3v) is 6.99. The SMILES string of the molecule is CCCCc1nnc(C(=O)NC2CCN(C)CC2O)cc1-c1ccc(OC2CCCCC2)cc1. The van der Waals surface area contributed by atoms with Gasteiger partial charge in [-0.25, -0.2) is 0 Å². The number of benzene rings is 1. The molecule has 2 unspecified atom stereocenters. The second kappa shape index (κ2) is 11.8. The van der Waals surface area contributed by atoms with Gasteiger partial charge in [-0.15, -0.1) is 5.10 Å². The van der Waals surface area contributed by atoms with Gasteiger partial charge in [0.2, 0.25) is 0 Å². The second-order valence-electron chi connectivity index (χ2n) is 9.79. The van der Waals surface area contributed by atoms with E-state index in [1.54, 1.807) is 0 Å². The van der Waals surface area contributed by atoms with Crippen LogP contribution in [0, 0.1) is 0 Å². The lowest BCUT2D eigenvalue weighted by molar-refractivity contribution is 0.0471. The predicted octanol–water partition coefficient (Wildman–Crippen LogP) is 3.99. The number of likely N-dealkylation sites (N-methyl/N-ethyl adjacent to an activating group) is 1. The van der Waals surface area contributed by atoms with E-state index in [1.165, 1.54) is 19.3 Å². The molecule has 4 rings (SSSR count). The maximum atomic E-state index is 13.0. The number of aliphatic hydroxyl groups excluding tert-OH is 1. The molecule has 184 valence electrons. The number of likely N-dealkylation sites (tertiary alicyclic amines) is 1. The highest BCUT2D eigenvalue weighted by Gasteiger charge is 2.28. The van der Waals surface area contributed by atoms with Gasteiger partial charge in [-0.1, -0.05) is 31.9 Å². The first-order valence-electron chi connectivity index (χ1n) is 12.8. The summed E-state index contributed by atoms with van der Waals surface area (Å²) in [4.78, 5) is 15.0. The number of hydrogen-bond donors (Lipinski definition) is 2. The van der Waals surface area contributed by atoms with Crippen molar-refractivity contribution in [2.45, 2.75) is 83.0 Å². The van der Waals surface area contributed by atoms with E-state index in [0.29, 0.717) is 19.1 Å². The third-order valence-electron chi connectivity index (χ3n) is 6.99. The molecule has 0 bridgehead atoms. The van der Waals surface area contributed by atoms with Crippen LogP contribution in [-0.2, 0) is 6.42 Å². The normalized spacial score (nSPS) is 21.9. The van der Waals surface area contributed by atoms with Gasteiger partial charge in [-0.05, 0) is 82.3 Å². The Morgan fingerprint density at radius 3 is 2.62 bits per heavy atom. The fourth-order valence-corrected chi connectivity index (χ4v) is 4.90. The molecule has 2 aliphatic rings. The van der Waals surface area contributed by atoms with Crippen molar-refractivity contribution in [3.05, 3.63) is 41.7 Å². The van der Waals surface area contributed by atoms with Crippen LogP contribution in [0.4, 0.5) is 0 Å². The van der Waals surface area contributed by atoms with Crippen LogP contribution in [0.5, 0.6) is 5.75 Å². The molecule has 7 heteroatoms. The summed E-state index contributed by atoms with van der Waals surface area (Å²) in [6, 6.07) is 9.70. The number of unbranched alkanes of at least 4 members (excludes halogenated alkanes) is 1. The van der Waals surface area contributed by atoms with Crippen LogP contribution < -0.4 is 10.1 Å². The van der Waals surface area contributed by atoms with E-state index in [4.69, 9.17) is 4.74 Å². The highest BCUT2D eigenvalue weighted by molar-refractivity contribution is 5.93. The highest BCUT2D eigenvalue weighted by Crippen LogP contribution is 2.28. The molecular weight excluding hydrogens is 428 g/mol. The van der Waals surface area contributed by atoms with Crippen LogP contribution in [-0.4, -0.2) is 64.5 Å². The van der Waals surface area contributed by atoms with Gasteiger partial charge in [0.15, 0.2) is 5.69 Å². The van der Waals surface area contributed by atoms with Crippen LogP contribution in [0.2, 0.25) is 0 Å². The minimum absolute atomic E-state index is 0.273. The summed E-state index contributed by atoms with van der Waals surface area (Å²) in [5.74, 6) is 0.601. The molecule has 7 nitrogen and oxygen atoms in total. The number of aliphatic hydroxyl groups is 1. The topological polar surface area (TPSA) is 87.6 Å². The van der Waals surface area contributed by atoms with Crippen LogP contribution in [0.3, 0.4) is 0 Å². The number of aromatic nitrogens is 2. The van der Waals surface area contributed by atoms with E-state index in [2.05, 4.69) is 27.3 Å². The van der Waals surface area contributed by atoms with Gasteiger partial charge in [0.05, 0.1) is 23.9 Å². The first-order chi connectivity index (χ1) is 16.5. The fourth-order valence-electron chi connectivity index (χ4n) is 4.90. The number of carbonyl (C=O) groups excluding carboxylic acids is 1. The Balaban J connectivity index is 1.51. The summed E-state index contributed by atoms with van der Waals surface area (Å²) in [5.41, 5.74) is 3.12. The Morgan fingerprint density at radius 2 is 1.91 bits per heavy atom. The molecule has 2 aromatic rings. The molecule has 1 aliphatic heterocycles. The van der Waals surface area contributed by atoms with Gasteiger partial charge in [0.25, 0.3) is 5.91 Å². The average molecular weight is 467 g/mol. The van der Waals surface area contributed by atoms with E-state index < -0.39 is 6.10 Å². The zero-order valence-corrected chi connectivity index (χ0v) is 20.5. The quantitative estimate of drug-likeness (QED) is 0.612. The molecule has 2 fully saturated rings. The summed E-state index contributed by atoms with van der Waals surface area (Å²) in [6.45, 7) is 3.54. The number of hydrogen-bond acceptors (Lipinski definition) is 6. The molecule has 1 aliphatic carbocycles. The van der Waals surface area contributed by atoms with E-state index in [0.717, 1.165) is 61.2 Å². The van der Waals surface area contributed by atoms with Crippen molar-refractivity contribution in [2.75, 3.05) is 20.1 Å². The maximum Gasteiger partial charge on any atom is 0.272 e. The van der Waals surface area contributed by atoms with Crippen molar-refractivity contribution in [3.8, 4) is 16.9 Å². The number of ether oxygens (including phenoxy) is 1. The lowest BCUT2D eigenvalue weighted by atomic mass is 9.97. The highest BCUT2D eigenvalue weighted by atomic mass is 16.5. The molecule has 0 spiro atoms. The summed E-state index contributed by atoms with van der Waals surface area (Å²) in [6.07, 6.45) is 9.36. The molecular formula is C27H38N4O3. The standard InChI is InChI=1S/C27H38N4O3/c1-3-4-10-23-22(19-11-13-21(14-12-19)34-20-8-6-5-7-9-20)17-25(30-29-23)27(33)28-24-15-16-31(2)18-26(24)32/h11-14,17,20,24,26,32H,3-10,15-16,18H2,1-2H3,(H,28,33). The lowest BCUT2D eigenvalue weighted by Crippen LogP contribution is -2.53. The zero-order valence-electron chi connectivity index (χ0n) is 20.5. The number of piperidine rings is 1. The van der Waals surface area contributed by atoms with Crippen LogP contribution in [0.1, 0.15) is 74.5 Å². The Hall–Kier alpha value is -2.51. The molecule has 1 amide bonds. The predicted molar refractivity (Wildman–Crippen MR) is 133 cm³/mol. The van der Waals surface area contributed by atoms with Crippen LogP contribution >= 0.6 is 0 Å². The first kappa shape index (κ1) is 24.6. The van der Waals surface area contributed by atoms with Crippen molar-refractivity contribution >= 4 is 5.91 Å². The van der Waals surface area contributed by atoms with Gasteiger partial charge >= 0.3 is 0 Å². The molecule has 1 saturated carbocycles. The van der Waals surface area contributed by atoms with Crippen molar-refractivity contribution in [1.29, 1.82) is 0 Å². The minimum Gasteiger partial charge on any atom is -0.490 e. The molecule has 2 N–H and O–H groups in total. The lowest BCUT2D eigenvalue weighted by Gasteiger charge is -2.33. The minimum atomic E-state index is -0.587. The van der Waals surface area contributed by atoms with Crippen molar-refractivity contribution in [2.24, 2.45) is 0 Å². The summed E-state index contributed by atoms with van der Waals surface area (Å²) in [7, 11) is 1.97. The number of rotatable bonds is 8. The first-order valence-corrected chi connectivity index (χ1v) is 12.8. The number of β-amino-alcohol motifs (C(OH)–C–C–N with tert-alkyl or cyclic N) is 1. The Morgan fingerprint density at radius 1 is 1.15 bits per heavy atom. The van der Waals surface area contributed by atoms with Gasteiger partial charge in [0.1, 0.15) is 5.75 Å². The summed E-state index contributed by atoms with van der Waals surface area (Å²) < 4.78 is 6.19. The fraction of sp³-hybridized carbons (Fsp3) is 0.593. The average Bonchev–Trinajstić information content (AvgIpc) is 2.85. The maximum absolute atomic E-state index is 13.0. The van der Waals surface area contributed by atoms with Crippen LogP contribution in [0.25, 0.3) is 11.1 Å². The van der Waals surface area contributed by atoms with Crippen molar-refractivity contribution in [1.82, 2.24) is 20.4 Å². The number of nitrogens with zero attached hydrogens (tertiary/aromatic N) is 3. The molecule has 1 saturated heterocycles. The van der Waals surface area contributed by atoms with Crippen molar-refractivity contribution in [3.63, 3.8) is 0 Å². The monoisotopic (exact) mass is 466 g/mol. The Labute approximate surface area is 202 Å². The van der Waals surface area contributed by atoms with Gasteiger partial charge in [-0.3, -0.25) is 4.79 Å². The van der Waals surface area contributed by atoms with Crippen LogP contribution in [0.15, 0.2) is 30.3 Å². The van der Waals surface area contributed by atoms with E-state index in [9.17, 15) is 9.90 Å². The zero-order chi connectivity index (χ0) is 23.9. The molecule has 0 radical (unpaired) electrons. The number of nitrogens with one attached hydrogen (secondary N) is 1. The van der Waals surface area contributed by atoms with Crippen molar-refractivity contribution < 1.29 is 14.6 Å². The van der Waals surface area contributed by atoms with Gasteiger partial charge in [-0.2, -0.15) is 5.10 Å². The molecule has 2 heterocycles. The Kier molecular flexibility index (Phi) is 8.51. The molecule has 34 heavy (non-hydrogen) atoms. The number of carbonyl (C=O) groups is 1. The van der Waals surface area contributed by atoms with E-state index in [-0.39, 0.29) is 17.6 Å². The summed E-state index contributed by atoms with van der Waals surface area (Å²) in [5, 5.41) is 22.0. The van der Waals surface area contributed by atoms with Gasteiger partial charge in [0, 0.05) is 12.1 Å². The van der Waals surface area contributed by atoms with Gasteiger partial charge < -0.3 is 20.1 Å². The largest absolute Gasteiger partial charge is 0.490 e. The molecule has 1 aromatic heterocycles. The molecule has 1 aromatic carbocycles. The van der Waals surface area contributed by atoms with E-state index >= 15 is 0 Å². The Bertz CT molecular complexity index is 943. The number of aryl methyl sites for hydroxylation is 1. The third kappa shape index (κ3) is 6.33. The number of amides is 1. The summed E-state index contributed by atoms with van der Waals surface area (Å²) >= 11 is 0. The molecule has 2 atom stereocenters. The smallest absolute Gasteiger partial charge is 0.272 e. The van der Waals surface area contributed by atoms with E-state index in [1.807, 2.05) is 37.4 Å².